The fraction of sp³-hybridized carbons (Fsp3) is 0.714. The van der Waals surface area contributed by atoms with E-state index in [4.69, 9.17) is 5.73 Å². The van der Waals surface area contributed by atoms with Crippen molar-refractivity contribution in [2.75, 3.05) is 5.32 Å². The third kappa shape index (κ3) is 3.00. The van der Waals surface area contributed by atoms with Gasteiger partial charge in [0.1, 0.15) is 0 Å². The van der Waals surface area contributed by atoms with E-state index in [1.54, 1.807) is 11.3 Å². The maximum atomic E-state index is 12.3. The van der Waals surface area contributed by atoms with Crippen molar-refractivity contribution in [3.63, 3.8) is 0 Å². The second-order valence-electron chi connectivity index (χ2n) is 5.88. The summed E-state index contributed by atoms with van der Waals surface area (Å²) in [5.74, 6) is 0.171. The van der Waals surface area contributed by atoms with Gasteiger partial charge in [-0.1, -0.05) is 13.3 Å². The lowest BCUT2D eigenvalue weighted by Gasteiger charge is -2.15. The molecule has 0 unspecified atom stereocenters. The van der Waals surface area contributed by atoms with Crippen LogP contribution >= 0.6 is 23.7 Å². The number of thiazole rings is 1. The van der Waals surface area contributed by atoms with Gasteiger partial charge in [-0.15, -0.1) is 23.7 Å². The molecule has 6 heteroatoms. The largest absolute Gasteiger partial charge is 0.327 e. The van der Waals surface area contributed by atoms with E-state index in [2.05, 4.69) is 17.2 Å². The number of aromatic nitrogens is 1. The molecule has 1 atom stereocenters. The van der Waals surface area contributed by atoms with Gasteiger partial charge in [0.25, 0.3) is 0 Å². The highest BCUT2D eigenvalue weighted by molar-refractivity contribution is 7.15. The molecule has 112 valence electrons. The average Bonchev–Trinajstić information content (AvgIpc) is 3.04. The molecule has 0 saturated heterocycles. The van der Waals surface area contributed by atoms with Gasteiger partial charge >= 0.3 is 0 Å². The monoisotopic (exact) mass is 315 g/mol. The summed E-state index contributed by atoms with van der Waals surface area (Å²) >= 11 is 1.61. The molecule has 3 rings (SSSR count). The van der Waals surface area contributed by atoms with Gasteiger partial charge in [-0.3, -0.25) is 4.79 Å². The number of aryl methyl sites for hydroxylation is 1. The van der Waals surface area contributed by atoms with E-state index in [-0.39, 0.29) is 29.8 Å². The molecule has 0 bridgehead atoms. The van der Waals surface area contributed by atoms with Crippen LogP contribution in [0.2, 0.25) is 0 Å². The zero-order chi connectivity index (χ0) is 13.5. The minimum Gasteiger partial charge on any atom is -0.327 e. The van der Waals surface area contributed by atoms with Crippen molar-refractivity contribution < 1.29 is 4.79 Å². The van der Waals surface area contributed by atoms with Crippen LogP contribution in [0.3, 0.4) is 0 Å². The molecule has 1 amide bonds. The predicted octanol–water partition coefficient (Wildman–Crippen LogP) is 2.90. The number of carbonyl (C=O) groups is 1. The van der Waals surface area contributed by atoms with Gasteiger partial charge in [0.15, 0.2) is 5.13 Å². The molecule has 1 saturated carbocycles. The predicted molar refractivity (Wildman–Crippen MR) is 84.6 cm³/mol. The van der Waals surface area contributed by atoms with E-state index < -0.39 is 0 Å². The van der Waals surface area contributed by atoms with Gasteiger partial charge in [0, 0.05) is 16.3 Å². The Morgan fingerprint density at radius 2 is 2.30 bits per heavy atom. The Kier molecular flexibility index (Phi) is 4.72. The zero-order valence-corrected chi connectivity index (χ0v) is 13.4. The van der Waals surface area contributed by atoms with Crippen LogP contribution < -0.4 is 11.1 Å². The summed E-state index contributed by atoms with van der Waals surface area (Å²) in [7, 11) is 0. The van der Waals surface area contributed by atoms with Crippen LogP contribution in [-0.4, -0.2) is 16.9 Å². The maximum Gasteiger partial charge on any atom is 0.232 e. The first-order chi connectivity index (χ1) is 9.13. The lowest BCUT2D eigenvalue weighted by atomic mass is 9.99. The second-order valence-corrected chi connectivity index (χ2v) is 6.96. The van der Waals surface area contributed by atoms with E-state index in [1.165, 1.54) is 4.88 Å². The second kappa shape index (κ2) is 6.00. The van der Waals surface area contributed by atoms with Gasteiger partial charge in [-0.2, -0.15) is 0 Å². The highest BCUT2D eigenvalue weighted by Gasteiger charge is 2.48. The first kappa shape index (κ1) is 15.7. The minimum atomic E-state index is -0.0860. The topological polar surface area (TPSA) is 68.0 Å². The quantitative estimate of drug-likeness (QED) is 0.897. The molecule has 3 N–H and O–H groups in total. The van der Waals surface area contributed by atoms with Gasteiger partial charge < -0.3 is 11.1 Å². The highest BCUT2D eigenvalue weighted by Crippen LogP contribution is 2.50. The molecule has 1 fully saturated rings. The van der Waals surface area contributed by atoms with Crippen LogP contribution in [0.5, 0.6) is 0 Å². The van der Waals surface area contributed by atoms with Crippen molar-refractivity contribution in [1.29, 1.82) is 0 Å². The zero-order valence-electron chi connectivity index (χ0n) is 11.8. The standard InChI is InChI=1S/C14H21N3OS.ClH/c1-2-5-14(6-7-14)12(18)17-13-16-10-4-3-9(15)8-11(10)19-13;/h9H,2-8,15H2,1H3,(H,16,17,18);1H/t9-;/m0./s1. The number of fused-ring (bicyclic) bond motifs is 1. The van der Waals surface area contributed by atoms with Crippen LogP contribution in [0.15, 0.2) is 0 Å². The van der Waals surface area contributed by atoms with Gasteiger partial charge in [-0.25, -0.2) is 4.98 Å². The number of anilines is 1. The first-order valence-corrected chi connectivity index (χ1v) is 8.00. The number of nitrogens with zero attached hydrogens (tertiary/aromatic N) is 1. The molecule has 0 spiro atoms. The number of hydrogen-bond acceptors (Lipinski definition) is 4. The highest BCUT2D eigenvalue weighted by atomic mass is 35.5. The normalized spacial score (nSPS) is 22.6. The molecule has 0 aromatic carbocycles. The first-order valence-electron chi connectivity index (χ1n) is 7.18. The molecule has 1 heterocycles. The van der Waals surface area contributed by atoms with Crippen molar-refractivity contribution in [2.45, 2.75) is 57.9 Å². The maximum absolute atomic E-state index is 12.3. The third-order valence-electron chi connectivity index (χ3n) is 4.26. The number of hydrogen-bond donors (Lipinski definition) is 2. The summed E-state index contributed by atoms with van der Waals surface area (Å²) in [5.41, 5.74) is 7.03. The SMILES string of the molecule is CCCC1(C(=O)Nc2nc3c(s2)C[C@@H](N)CC3)CC1.Cl. The minimum absolute atomic E-state index is 0. The molecule has 0 aliphatic heterocycles. The van der Waals surface area contributed by atoms with E-state index in [9.17, 15) is 4.79 Å². The Hall–Kier alpha value is -0.650. The van der Waals surface area contributed by atoms with Crippen LogP contribution in [-0.2, 0) is 17.6 Å². The summed E-state index contributed by atoms with van der Waals surface area (Å²) in [6, 6.07) is 0.256. The molecule has 20 heavy (non-hydrogen) atoms. The summed E-state index contributed by atoms with van der Waals surface area (Å²) in [4.78, 5) is 18.1. The van der Waals surface area contributed by atoms with Crippen molar-refractivity contribution in [2.24, 2.45) is 11.1 Å². The van der Waals surface area contributed by atoms with Crippen LogP contribution in [0.1, 0.15) is 49.6 Å². The summed E-state index contributed by atoms with van der Waals surface area (Å²) in [6.45, 7) is 2.14. The van der Waals surface area contributed by atoms with Crippen molar-refractivity contribution in [3.8, 4) is 0 Å². The Bertz CT molecular complexity index is 499. The van der Waals surface area contributed by atoms with Crippen LogP contribution in [0, 0.1) is 5.41 Å². The lowest BCUT2D eigenvalue weighted by molar-refractivity contribution is -0.121. The molecular weight excluding hydrogens is 294 g/mol. The van der Waals surface area contributed by atoms with E-state index in [0.29, 0.717) is 0 Å². The number of nitrogens with two attached hydrogens (primary N) is 1. The van der Waals surface area contributed by atoms with Crippen molar-refractivity contribution >= 4 is 34.8 Å². The molecule has 0 radical (unpaired) electrons. The van der Waals surface area contributed by atoms with Gasteiger partial charge in [0.05, 0.1) is 5.69 Å². The molecule has 1 aromatic heterocycles. The number of carbonyl (C=O) groups excluding carboxylic acids is 1. The number of amides is 1. The smallest absolute Gasteiger partial charge is 0.232 e. The molecule has 4 nitrogen and oxygen atoms in total. The van der Waals surface area contributed by atoms with Gasteiger partial charge in [0.2, 0.25) is 5.91 Å². The van der Waals surface area contributed by atoms with Gasteiger partial charge in [-0.05, 0) is 38.5 Å². The molecule has 2 aliphatic carbocycles. The Labute approximate surface area is 129 Å². The van der Waals surface area contributed by atoms with E-state index in [1.807, 2.05) is 0 Å². The van der Waals surface area contributed by atoms with Crippen molar-refractivity contribution in [1.82, 2.24) is 4.98 Å². The number of nitrogens with one attached hydrogen (secondary N) is 1. The fourth-order valence-corrected chi connectivity index (χ4v) is 4.00. The summed E-state index contributed by atoms with van der Waals surface area (Å²) in [6.07, 6.45) is 6.98. The van der Waals surface area contributed by atoms with Crippen LogP contribution in [0.25, 0.3) is 0 Å². The van der Waals surface area contributed by atoms with Crippen LogP contribution in [0.4, 0.5) is 5.13 Å². The van der Waals surface area contributed by atoms with Crippen molar-refractivity contribution in [3.05, 3.63) is 10.6 Å². The van der Waals surface area contributed by atoms with E-state index >= 15 is 0 Å². The lowest BCUT2D eigenvalue weighted by Crippen LogP contribution is -2.27. The summed E-state index contributed by atoms with van der Waals surface area (Å²) in [5, 5.41) is 3.80. The van der Waals surface area contributed by atoms with E-state index in [0.717, 1.165) is 55.8 Å². The Morgan fingerprint density at radius 3 is 2.95 bits per heavy atom. The number of rotatable bonds is 4. The fourth-order valence-electron chi connectivity index (χ4n) is 2.90. The number of halogens is 1. The Balaban J connectivity index is 0.00000147. The molecule has 2 aliphatic rings. The molecular formula is C14H22ClN3OS. The molecule has 1 aromatic rings. The summed E-state index contributed by atoms with van der Waals surface area (Å²) < 4.78 is 0. The average molecular weight is 316 g/mol. The Morgan fingerprint density at radius 1 is 1.55 bits per heavy atom. The third-order valence-corrected chi connectivity index (χ3v) is 5.30.